The van der Waals surface area contributed by atoms with Gasteiger partial charge >= 0.3 is 0 Å². The Balaban J connectivity index is 1.96. The predicted octanol–water partition coefficient (Wildman–Crippen LogP) is 3.01. The van der Waals surface area contributed by atoms with E-state index in [2.05, 4.69) is 27.7 Å². The molecule has 15 heavy (non-hydrogen) atoms. The maximum Gasteiger partial charge on any atom is 0.0659 e. The van der Waals surface area contributed by atoms with Crippen molar-refractivity contribution >= 4 is 0 Å². The molecule has 0 aromatic rings. The lowest BCUT2D eigenvalue weighted by molar-refractivity contribution is -0.0636. The normalized spacial score (nSPS) is 44.7. The van der Waals surface area contributed by atoms with Gasteiger partial charge in [-0.15, -0.1) is 0 Å². The van der Waals surface area contributed by atoms with E-state index < -0.39 is 0 Å². The molecule has 0 amide bonds. The summed E-state index contributed by atoms with van der Waals surface area (Å²) in [5, 5.41) is 0. The van der Waals surface area contributed by atoms with Crippen molar-refractivity contribution in [2.75, 3.05) is 6.61 Å². The number of hydrogen-bond donors (Lipinski definition) is 0. The molecule has 0 unspecified atom stereocenters. The van der Waals surface area contributed by atoms with Crippen molar-refractivity contribution in [3.05, 3.63) is 0 Å². The predicted molar refractivity (Wildman–Crippen MR) is 60.9 cm³/mol. The molecule has 0 saturated heterocycles. The van der Waals surface area contributed by atoms with Crippen LogP contribution < -0.4 is 0 Å². The average molecular weight is 214 g/mol. The first-order valence-electron chi connectivity index (χ1n) is 6.73. The van der Waals surface area contributed by atoms with Crippen LogP contribution in [0.25, 0.3) is 0 Å². The zero-order valence-corrected chi connectivity index (χ0v) is 10.3. The Labute approximate surface area is 94.7 Å². The smallest absolute Gasteiger partial charge is 0.0659 e. The standard InChI is InChI=1S/C13H24O2/c1-9(2)14-8-13-7-11(13)5-6-12(13)15-10(3)4/h9-12H,5-8H2,1-4H3/t11-,12-,13-/m0/s1/i5T/t5-,11-,12-,13-. The molecule has 2 fully saturated rings. The van der Waals surface area contributed by atoms with E-state index in [9.17, 15) is 0 Å². The van der Waals surface area contributed by atoms with Crippen LogP contribution in [-0.4, -0.2) is 24.9 Å². The van der Waals surface area contributed by atoms with Crippen LogP contribution in [0.5, 0.6) is 0 Å². The molecular formula is C13H24O2. The van der Waals surface area contributed by atoms with E-state index in [-0.39, 0.29) is 30.1 Å². The largest absolute Gasteiger partial charge is 0.378 e. The summed E-state index contributed by atoms with van der Waals surface area (Å²) >= 11 is 0. The van der Waals surface area contributed by atoms with Crippen LogP contribution in [0.3, 0.4) is 0 Å². The van der Waals surface area contributed by atoms with Crippen LogP contribution in [0.15, 0.2) is 0 Å². The molecule has 2 aliphatic rings. The van der Waals surface area contributed by atoms with Gasteiger partial charge in [-0.05, 0) is 52.9 Å². The number of fused-ring (bicyclic) bond motifs is 1. The maximum atomic E-state index is 8.03. The highest BCUT2D eigenvalue weighted by Gasteiger charge is 2.63. The lowest BCUT2D eigenvalue weighted by Crippen LogP contribution is -2.30. The van der Waals surface area contributed by atoms with Gasteiger partial charge in [0, 0.05) is 6.79 Å². The molecular weight excluding hydrogens is 188 g/mol. The van der Waals surface area contributed by atoms with Gasteiger partial charge in [0.25, 0.3) is 0 Å². The Morgan fingerprint density at radius 3 is 2.60 bits per heavy atom. The quantitative estimate of drug-likeness (QED) is 0.700. The molecule has 0 spiro atoms. The van der Waals surface area contributed by atoms with Gasteiger partial charge in [-0.25, -0.2) is 0 Å². The van der Waals surface area contributed by atoms with Crippen LogP contribution in [0, 0.1) is 11.3 Å². The average Bonchev–Trinajstić information content (AvgIpc) is 2.83. The van der Waals surface area contributed by atoms with Crippen molar-refractivity contribution in [3.63, 3.8) is 0 Å². The summed E-state index contributed by atoms with van der Waals surface area (Å²) in [6.07, 6.45) is 2.88. The lowest BCUT2D eigenvalue weighted by Gasteiger charge is -2.26. The number of rotatable bonds is 5. The Kier molecular flexibility index (Phi) is 2.73. The second-order valence-corrected chi connectivity index (χ2v) is 5.55. The molecule has 2 heteroatoms. The first-order valence-corrected chi connectivity index (χ1v) is 6.15. The van der Waals surface area contributed by atoms with Crippen molar-refractivity contribution in [3.8, 4) is 0 Å². The van der Waals surface area contributed by atoms with Crippen LogP contribution in [0.2, 0.25) is 0 Å². The van der Waals surface area contributed by atoms with Gasteiger partial charge in [0.1, 0.15) is 0 Å². The third-order valence-electron chi connectivity index (χ3n) is 3.58. The van der Waals surface area contributed by atoms with Gasteiger partial charge in [0.15, 0.2) is 0 Å². The zero-order chi connectivity index (χ0) is 11.9. The van der Waals surface area contributed by atoms with E-state index in [0.717, 1.165) is 19.4 Å². The summed E-state index contributed by atoms with van der Waals surface area (Å²) in [4.78, 5) is 0. The van der Waals surface area contributed by atoms with E-state index in [1.807, 2.05) is 0 Å². The first-order chi connectivity index (χ1) is 7.45. The summed E-state index contributed by atoms with van der Waals surface area (Å²) in [5.41, 5.74) is 0.182. The number of ether oxygens (including phenoxy) is 2. The van der Waals surface area contributed by atoms with Crippen LogP contribution in [-0.2, 0) is 9.47 Å². The van der Waals surface area contributed by atoms with Crippen LogP contribution in [0.1, 0.15) is 48.3 Å². The van der Waals surface area contributed by atoms with Gasteiger partial charge in [-0.1, -0.05) is 0 Å². The van der Waals surface area contributed by atoms with Crippen molar-refractivity contribution in [2.45, 2.75) is 65.2 Å². The highest BCUT2D eigenvalue weighted by atomic mass is 16.5. The number of hydrogen-bond acceptors (Lipinski definition) is 2. The fourth-order valence-corrected chi connectivity index (χ4v) is 2.66. The monoisotopic (exact) mass is 214 g/mol. The van der Waals surface area contributed by atoms with Gasteiger partial charge in [0.2, 0.25) is 0 Å². The minimum absolute atomic E-state index is 0.0690. The van der Waals surface area contributed by atoms with Crippen LogP contribution in [0.4, 0.5) is 0 Å². The molecule has 0 N–H and O–H groups in total. The Hall–Kier alpha value is -0.0800. The molecule has 0 radical (unpaired) electrons. The molecule has 0 bridgehead atoms. The summed E-state index contributed by atoms with van der Waals surface area (Å²) < 4.78 is 19.8. The summed E-state index contributed by atoms with van der Waals surface area (Å²) in [5.74, 6) is 0.523. The molecule has 0 aromatic carbocycles. The van der Waals surface area contributed by atoms with Crippen molar-refractivity contribution in [1.82, 2.24) is 0 Å². The zero-order valence-electron chi connectivity index (χ0n) is 11.3. The molecule has 88 valence electrons. The third-order valence-corrected chi connectivity index (χ3v) is 3.58. The molecule has 0 aromatic heterocycles. The molecule has 2 nitrogen and oxygen atoms in total. The lowest BCUT2D eigenvalue weighted by atomic mass is 10.0. The second kappa shape index (κ2) is 4.06. The Bertz CT molecular complexity index is 254. The van der Waals surface area contributed by atoms with Crippen molar-refractivity contribution in [2.24, 2.45) is 11.3 Å². The van der Waals surface area contributed by atoms with Gasteiger partial charge in [-0.3, -0.25) is 0 Å². The molecule has 4 atom stereocenters. The maximum absolute atomic E-state index is 8.03. The highest BCUT2D eigenvalue weighted by Crippen LogP contribution is 2.64. The molecule has 0 aliphatic heterocycles. The van der Waals surface area contributed by atoms with Crippen molar-refractivity contribution in [1.29, 1.82) is 0 Å². The fourth-order valence-electron chi connectivity index (χ4n) is 2.66. The van der Waals surface area contributed by atoms with E-state index in [1.54, 1.807) is 0 Å². The molecule has 2 aliphatic carbocycles. The fraction of sp³-hybridized carbons (Fsp3) is 1.00. The SMILES string of the molecule is [3H][C@H]1C[C@H](OC(C)C)[C@]2(COC(C)C)C[C@H]12. The summed E-state index contributed by atoms with van der Waals surface area (Å²) in [7, 11) is 0. The Morgan fingerprint density at radius 1 is 1.33 bits per heavy atom. The van der Waals surface area contributed by atoms with E-state index >= 15 is 0 Å². The van der Waals surface area contributed by atoms with E-state index in [4.69, 9.17) is 10.8 Å². The minimum atomic E-state index is 0.0690. The Morgan fingerprint density at radius 2 is 2.07 bits per heavy atom. The summed E-state index contributed by atoms with van der Waals surface area (Å²) in [6.45, 7) is 9.07. The second-order valence-electron chi connectivity index (χ2n) is 5.55. The topological polar surface area (TPSA) is 18.5 Å². The van der Waals surface area contributed by atoms with E-state index in [0.29, 0.717) is 5.92 Å². The van der Waals surface area contributed by atoms with Crippen LogP contribution >= 0.6 is 0 Å². The van der Waals surface area contributed by atoms with Gasteiger partial charge in [-0.2, -0.15) is 0 Å². The van der Waals surface area contributed by atoms with Crippen molar-refractivity contribution < 1.29 is 10.8 Å². The minimum Gasteiger partial charge on any atom is -0.378 e. The van der Waals surface area contributed by atoms with E-state index in [1.165, 1.54) is 0 Å². The highest BCUT2D eigenvalue weighted by molar-refractivity contribution is 5.12. The van der Waals surface area contributed by atoms with Gasteiger partial charge in [0.05, 0.1) is 24.9 Å². The summed E-state index contributed by atoms with van der Waals surface area (Å²) in [6, 6.07) is 0. The third kappa shape index (κ3) is 2.21. The molecule has 0 heterocycles. The first kappa shape index (κ1) is 10.1. The van der Waals surface area contributed by atoms with Gasteiger partial charge < -0.3 is 9.47 Å². The molecule has 2 saturated carbocycles. The molecule has 2 rings (SSSR count).